The standard InChI is InChI=1S/C21H31NO2/c1-13(21-7-14-4-15(8-21)6-16(5-14)9-21)22-12-17-18(23)10-20(2,3)11-19(17)24/h12-16,23H,4-11H2,1-3H3/t13-,14?,15?,16?,21?/m0/s1. The lowest BCUT2D eigenvalue weighted by Crippen LogP contribution is -2.50. The molecule has 4 saturated carbocycles. The quantitative estimate of drug-likeness (QED) is 0.751. The fraction of sp³-hybridized carbons (Fsp3) is 0.810. The molecule has 0 amide bonds. The molecule has 0 aromatic rings. The largest absolute Gasteiger partial charge is 0.511 e. The number of ketones is 1. The predicted molar refractivity (Wildman–Crippen MR) is 96.2 cm³/mol. The molecular formula is C21H31NO2. The Morgan fingerprint density at radius 1 is 1.08 bits per heavy atom. The monoisotopic (exact) mass is 329 g/mol. The molecule has 0 heterocycles. The topological polar surface area (TPSA) is 49.7 Å². The summed E-state index contributed by atoms with van der Waals surface area (Å²) < 4.78 is 0. The number of rotatable bonds is 3. The minimum absolute atomic E-state index is 0.0465. The first kappa shape index (κ1) is 16.4. The molecule has 0 spiro atoms. The summed E-state index contributed by atoms with van der Waals surface area (Å²) >= 11 is 0. The van der Waals surface area contributed by atoms with Gasteiger partial charge in [-0.2, -0.15) is 0 Å². The highest BCUT2D eigenvalue weighted by Gasteiger charge is 2.53. The summed E-state index contributed by atoms with van der Waals surface area (Å²) in [6.45, 7) is 6.30. The normalized spacial score (nSPS) is 42.1. The molecule has 24 heavy (non-hydrogen) atoms. The molecule has 5 aliphatic rings. The maximum absolute atomic E-state index is 12.4. The number of nitrogens with zero attached hydrogens (tertiary/aromatic N) is 1. The fourth-order valence-corrected chi connectivity index (χ4v) is 6.48. The van der Waals surface area contributed by atoms with Crippen molar-refractivity contribution in [2.24, 2.45) is 33.6 Å². The number of aliphatic hydroxyl groups excluding tert-OH is 1. The maximum Gasteiger partial charge on any atom is 0.168 e. The molecule has 0 aliphatic heterocycles. The zero-order valence-electron chi connectivity index (χ0n) is 15.3. The van der Waals surface area contributed by atoms with E-state index in [-0.39, 0.29) is 23.0 Å². The van der Waals surface area contributed by atoms with E-state index in [9.17, 15) is 9.90 Å². The van der Waals surface area contributed by atoms with Gasteiger partial charge in [-0.25, -0.2) is 0 Å². The van der Waals surface area contributed by atoms with Crippen molar-refractivity contribution in [3.8, 4) is 0 Å². The van der Waals surface area contributed by atoms with Crippen molar-refractivity contribution in [2.45, 2.75) is 78.2 Å². The third kappa shape index (κ3) is 2.74. The Bertz CT molecular complexity index is 578. The van der Waals surface area contributed by atoms with Crippen molar-refractivity contribution in [1.29, 1.82) is 0 Å². The molecule has 0 radical (unpaired) electrons. The Labute approximate surface area is 145 Å². The zero-order valence-corrected chi connectivity index (χ0v) is 15.3. The average molecular weight is 329 g/mol. The lowest BCUT2D eigenvalue weighted by molar-refractivity contribution is -0.117. The molecule has 5 aliphatic carbocycles. The van der Waals surface area contributed by atoms with Crippen molar-refractivity contribution in [3.63, 3.8) is 0 Å². The van der Waals surface area contributed by atoms with Crippen molar-refractivity contribution in [3.05, 3.63) is 11.3 Å². The first-order valence-electron chi connectivity index (χ1n) is 9.75. The lowest BCUT2D eigenvalue weighted by Gasteiger charge is -2.58. The van der Waals surface area contributed by atoms with Crippen LogP contribution in [0.4, 0.5) is 0 Å². The molecule has 1 N–H and O–H groups in total. The molecule has 4 fully saturated rings. The second kappa shape index (κ2) is 5.44. The van der Waals surface area contributed by atoms with E-state index < -0.39 is 0 Å². The number of hydrogen-bond donors (Lipinski definition) is 1. The number of carbonyl (C=O) groups excluding carboxylic acids is 1. The molecule has 4 bridgehead atoms. The summed E-state index contributed by atoms with van der Waals surface area (Å²) in [5, 5.41) is 10.3. The van der Waals surface area contributed by atoms with Gasteiger partial charge in [0.1, 0.15) is 5.76 Å². The number of hydrogen-bond acceptors (Lipinski definition) is 3. The van der Waals surface area contributed by atoms with E-state index in [0.717, 1.165) is 17.8 Å². The lowest BCUT2D eigenvalue weighted by atomic mass is 9.48. The average Bonchev–Trinajstić information content (AvgIpc) is 2.43. The maximum atomic E-state index is 12.4. The third-order valence-electron chi connectivity index (χ3n) is 7.30. The van der Waals surface area contributed by atoms with Crippen molar-refractivity contribution < 1.29 is 9.90 Å². The molecule has 132 valence electrons. The van der Waals surface area contributed by atoms with Crippen LogP contribution in [0.25, 0.3) is 0 Å². The fourth-order valence-electron chi connectivity index (χ4n) is 6.48. The third-order valence-corrected chi connectivity index (χ3v) is 7.30. The smallest absolute Gasteiger partial charge is 0.168 e. The van der Waals surface area contributed by atoms with Crippen LogP contribution in [0.15, 0.2) is 16.3 Å². The first-order valence-corrected chi connectivity index (χ1v) is 9.75. The molecule has 1 atom stereocenters. The first-order chi connectivity index (χ1) is 11.3. The Morgan fingerprint density at radius 2 is 1.62 bits per heavy atom. The highest BCUT2D eigenvalue weighted by Crippen LogP contribution is 2.61. The van der Waals surface area contributed by atoms with Gasteiger partial charge in [-0.05, 0) is 74.0 Å². The Balaban J connectivity index is 1.53. The summed E-state index contributed by atoms with van der Waals surface area (Å²) in [4.78, 5) is 17.2. The van der Waals surface area contributed by atoms with Gasteiger partial charge in [-0.15, -0.1) is 0 Å². The van der Waals surface area contributed by atoms with Crippen LogP contribution < -0.4 is 0 Å². The SMILES string of the molecule is C[C@H](N=CC1=C(O)CC(C)(C)CC1=O)C12CC3CC(CC(C3)C1)C2. The van der Waals surface area contributed by atoms with Gasteiger partial charge in [0.2, 0.25) is 0 Å². The van der Waals surface area contributed by atoms with E-state index >= 15 is 0 Å². The van der Waals surface area contributed by atoms with E-state index in [2.05, 4.69) is 6.92 Å². The van der Waals surface area contributed by atoms with Crippen LogP contribution in [0, 0.1) is 28.6 Å². The number of carbonyl (C=O) groups is 1. The molecule has 0 aromatic heterocycles. The second-order valence-corrected chi connectivity index (χ2v) is 10.0. The van der Waals surface area contributed by atoms with E-state index in [0.29, 0.717) is 23.8 Å². The van der Waals surface area contributed by atoms with Crippen LogP contribution in [-0.2, 0) is 4.79 Å². The predicted octanol–water partition coefficient (Wildman–Crippen LogP) is 4.86. The Kier molecular flexibility index (Phi) is 3.71. The summed E-state index contributed by atoms with van der Waals surface area (Å²) in [7, 11) is 0. The molecule has 0 unspecified atom stereocenters. The molecule has 0 aromatic carbocycles. The number of Topliss-reactive ketones (excluding diaryl/α,β-unsaturated/α-hetero) is 1. The highest BCUT2D eigenvalue weighted by atomic mass is 16.3. The number of allylic oxidation sites excluding steroid dienone is 2. The van der Waals surface area contributed by atoms with Gasteiger partial charge < -0.3 is 5.11 Å². The van der Waals surface area contributed by atoms with Gasteiger partial charge in [0.25, 0.3) is 0 Å². The van der Waals surface area contributed by atoms with Gasteiger partial charge in [0.05, 0.1) is 11.6 Å². The molecule has 3 heteroatoms. The van der Waals surface area contributed by atoms with E-state index in [1.165, 1.54) is 38.5 Å². The number of aliphatic imine (C=N–C) groups is 1. The van der Waals surface area contributed by atoms with Gasteiger partial charge >= 0.3 is 0 Å². The Hall–Kier alpha value is -1.12. The van der Waals surface area contributed by atoms with Crippen LogP contribution in [0.1, 0.15) is 72.1 Å². The summed E-state index contributed by atoms with van der Waals surface area (Å²) in [5.41, 5.74) is 0.688. The van der Waals surface area contributed by atoms with Crippen molar-refractivity contribution in [2.75, 3.05) is 0 Å². The highest BCUT2D eigenvalue weighted by molar-refractivity contribution is 6.14. The summed E-state index contributed by atoms with van der Waals surface area (Å²) in [6, 6.07) is 0.258. The van der Waals surface area contributed by atoms with E-state index in [4.69, 9.17) is 4.99 Å². The van der Waals surface area contributed by atoms with Crippen LogP contribution in [0.2, 0.25) is 0 Å². The number of aliphatic hydroxyl groups is 1. The van der Waals surface area contributed by atoms with Crippen molar-refractivity contribution >= 4 is 12.0 Å². The van der Waals surface area contributed by atoms with E-state index in [1.807, 2.05) is 13.8 Å². The molecule has 3 nitrogen and oxygen atoms in total. The molecular weight excluding hydrogens is 298 g/mol. The minimum atomic E-state index is -0.135. The van der Waals surface area contributed by atoms with Crippen LogP contribution in [0.5, 0.6) is 0 Å². The van der Waals surface area contributed by atoms with Crippen molar-refractivity contribution in [1.82, 2.24) is 0 Å². The van der Waals surface area contributed by atoms with Crippen LogP contribution >= 0.6 is 0 Å². The molecule has 5 rings (SSSR count). The van der Waals surface area contributed by atoms with Crippen LogP contribution in [-0.4, -0.2) is 23.1 Å². The summed E-state index contributed by atoms with van der Waals surface area (Å²) in [6.07, 6.45) is 11.1. The molecule has 0 saturated heterocycles. The zero-order chi connectivity index (χ0) is 17.1. The van der Waals surface area contributed by atoms with Crippen LogP contribution in [0.3, 0.4) is 0 Å². The summed E-state index contributed by atoms with van der Waals surface area (Å²) in [5.74, 6) is 3.03. The van der Waals surface area contributed by atoms with Gasteiger partial charge in [0.15, 0.2) is 5.78 Å². The van der Waals surface area contributed by atoms with E-state index in [1.54, 1.807) is 6.21 Å². The van der Waals surface area contributed by atoms with Gasteiger partial charge in [-0.3, -0.25) is 9.79 Å². The Morgan fingerprint density at radius 3 is 2.12 bits per heavy atom. The second-order valence-electron chi connectivity index (χ2n) is 10.0. The van der Waals surface area contributed by atoms with Gasteiger partial charge in [-0.1, -0.05) is 13.8 Å². The van der Waals surface area contributed by atoms with Gasteiger partial charge in [0, 0.05) is 19.1 Å². The minimum Gasteiger partial charge on any atom is -0.511 e.